The van der Waals surface area contributed by atoms with Gasteiger partial charge in [-0.05, 0) is 53.4 Å². The van der Waals surface area contributed by atoms with Crippen molar-refractivity contribution in [1.29, 1.82) is 0 Å². The molecular formula is C25H19Cl2NO2. The maximum absolute atomic E-state index is 13.4. The summed E-state index contributed by atoms with van der Waals surface area (Å²) in [5.74, 6) is -0.248. The summed E-state index contributed by atoms with van der Waals surface area (Å²) >= 11 is 12.5. The Kier molecular flexibility index (Phi) is 4.88. The van der Waals surface area contributed by atoms with Crippen LogP contribution in [0.15, 0.2) is 71.9 Å². The van der Waals surface area contributed by atoms with Gasteiger partial charge in [0.1, 0.15) is 0 Å². The van der Waals surface area contributed by atoms with Crippen molar-refractivity contribution in [2.24, 2.45) is 0 Å². The summed E-state index contributed by atoms with van der Waals surface area (Å²) in [6, 6.07) is 19.3. The van der Waals surface area contributed by atoms with Crippen molar-refractivity contribution in [3.8, 4) is 0 Å². The molecule has 5 rings (SSSR count). The quantitative estimate of drug-likeness (QED) is 0.450. The molecule has 3 aromatic rings. The fourth-order valence-electron chi connectivity index (χ4n) is 4.66. The van der Waals surface area contributed by atoms with Gasteiger partial charge in [0.2, 0.25) is 5.91 Å². The van der Waals surface area contributed by atoms with E-state index >= 15 is 0 Å². The highest BCUT2D eigenvalue weighted by Crippen LogP contribution is 2.45. The van der Waals surface area contributed by atoms with Gasteiger partial charge in [-0.2, -0.15) is 0 Å². The van der Waals surface area contributed by atoms with Gasteiger partial charge in [-0.25, -0.2) is 0 Å². The minimum atomic E-state index is -0.332. The molecule has 2 aliphatic rings. The number of hydrogen-bond donors (Lipinski definition) is 0. The van der Waals surface area contributed by atoms with E-state index in [1.807, 2.05) is 48.5 Å². The number of amides is 1. The second-order valence-electron chi connectivity index (χ2n) is 7.82. The Balaban J connectivity index is 1.67. The number of carbonyl (C=O) groups excluding carboxylic acids is 2. The van der Waals surface area contributed by atoms with Crippen LogP contribution in [0.25, 0.3) is 10.8 Å². The zero-order valence-electron chi connectivity index (χ0n) is 16.2. The molecule has 0 bridgehead atoms. The first-order valence-corrected chi connectivity index (χ1v) is 10.8. The van der Waals surface area contributed by atoms with Crippen LogP contribution in [0.4, 0.5) is 5.69 Å². The van der Waals surface area contributed by atoms with Crippen molar-refractivity contribution in [2.45, 2.75) is 31.6 Å². The van der Waals surface area contributed by atoms with Gasteiger partial charge in [0.15, 0.2) is 5.78 Å². The summed E-state index contributed by atoms with van der Waals surface area (Å²) in [5.41, 5.74) is 3.13. The van der Waals surface area contributed by atoms with E-state index in [4.69, 9.17) is 23.2 Å². The van der Waals surface area contributed by atoms with Gasteiger partial charge < -0.3 is 0 Å². The number of halogens is 2. The van der Waals surface area contributed by atoms with Crippen LogP contribution in [0.5, 0.6) is 0 Å². The standard InChI is InChI=1S/C25H19Cl2NO2/c26-17-9-11-19(21(27)13-17)20-14-24(30)28(22-6-3-7-23(29)25(20)22)18-10-8-15-4-1-2-5-16(15)12-18/h1-2,4-5,8-13,20H,3,6-7,14H2. The summed E-state index contributed by atoms with van der Waals surface area (Å²) in [5, 5.41) is 3.21. The summed E-state index contributed by atoms with van der Waals surface area (Å²) < 4.78 is 0. The summed E-state index contributed by atoms with van der Waals surface area (Å²) in [6.45, 7) is 0. The zero-order valence-corrected chi connectivity index (χ0v) is 17.7. The topological polar surface area (TPSA) is 37.4 Å². The lowest BCUT2D eigenvalue weighted by Gasteiger charge is -2.38. The van der Waals surface area contributed by atoms with E-state index in [0.29, 0.717) is 22.9 Å². The van der Waals surface area contributed by atoms with Crippen LogP contribution in [0.2, 0.25) is 10.0 Å². The van der Waals surface area contributed by atoms with Crippen molar-refractivity contribution < 1.29 is 9.59 Å². The zero-order chi connectivity index (χ0) is 20.8. The Labute approximate surface area is 184 Å². The molecule has 1 amide bonds. The van der Waals surface area contributed by atoms with Crippen LogP contribution in [0, 0.1) is 0 Å². The second-order valence-corrected chi connectivity index (χ2v) is 8.66. The molecule has 1 atom stereocenters. The predicted molar refractivity (Wildman–Crippen MR) is 121 cm³/mol. The first-order valence-electron chi connectivity index (χ1n) is 10.1. The molecule has 3 nitrogen and oxygen atoms in total. The summed E-state index contributed by atoms with van der Waals surface area (Å²) in [6.07, 6.45) is 2.15. The number of allylic oxidation sites excluding steroid dienone is 2. The van der Waals surface area contributed by atoms with Crippen LogP contribution in [0.3, 0.4) is 0 Å². The van der Waals surface area contributed by atoms with Crippen LogP contribution in [0.1, 0.15) is 37.2 Å². The lowest BCUT2D eigenvalue weighted by molar-refractivity contribution is -0.119. The molecule has 1 aliphatic carbocycles. The van der Waals surface area contributed by atoms with Gasteiger partial charge in [0, 0.05) is 45.8 Å². The molecule has 0 fully saturated rings. The second kappa shape index (κ2) is 7.57. The molecule has 0 saturated heterocycles. The lowest BCUT2D eigenvalue weighted by atomic mass is 9.77. The highest BCUT2D eigenvalue weighted by atomic mass is 35.5. The molecule has 0 spiro atoms. The number of rotatable bonds is 2. The van der Waals surface area contributed by atoms with Crippen molar-refractivity contribution in [2.75, 3.05) is 4.90 Å². The normalized spacial score (nSPS) is 19.4. The average molecular weight is 436 g/mol. The van der Waals surface area contributed by atoms with Crippen molar-refractivity contribution in [1.82, 2.24) is 0 Å². The fraction of sp³-hybridized carbons (Fsp3) is 0.200. The Morgan fingerprint density at radius 2 is 1.67 bits per heavy atom. The highest BCUT2D eigenvalue weighted by Gasteiger charge is 2.40. The number of benzene rings is 3. The molecule has 0 radical (unpaired) electrons. The lowest BCUT2D eigenvalue weighted by Crippen LogP contribution is -2.40. The molecule has 1 heterocycles. The molecule has 5 heteroatoms. The number of fused-ring (bicyclic) bond motifs is 1. The van der Waals surface area contributed by atoms with E-state index in [0.717, 1.165) is 39.7 Å². The number of ketones is 1. The SMILES string of the molecule is O=C1CCCC2=C1C(c1ccc(Cl)cc1Cl)CC(=O)N2c1ccc2ccccc2c1. The molecule has 0 N–H and O–H groups in total. The number of Topliss-reactive ketones (excluding diaryl/α,β-unsaturated/α-hetero) is 1. The average Bonchev–Trinajstić information content (AvgIpc) is 2.73. The highest BCUT2D eigenvalue weighted by molar-refractivity contribution is 6.35. The Morgan fingerprint density at radius 3 is 2.47 bits per heavy atom. The monoisotopic (exact) mass is 435 g/mol. The van der Waals surface area contributed by atoms with E-state index in [1.165, 1.54) is 0 Å². The van der Waals surface area contributed by atoms with Crippen molar-refractivity contribution >= 4 is 51.4 Å². The predicted octanol–water partition coefficient (Wildman–Crippen LogP) is 6.67. The third-order valence-electron chi connectivity index (χ3n) is 6.00. The molecule has 1 unspecified atom stereocenters. The smallest absolute Gasteiger partial charge is 0.232 e. The Hall–Kier alpha value is -2.62. The first-order chi connectivity index (χ1) is 14.5. The minimum Gasteiger partial charge on any atom is -0.294 e. The number of anilines is 1. The van der Waals surface area contributed by atoms with Crippen LogP contribution in [-0.2, 0) is 9.59 Å². The molecule has 0 aromatic heterocycles. The molecular weight excluding hydrogens is 417 g/mol. The fourth-order valence-corrected chi connectivity index (χ4v) is 5.20. The van der Waals surface area contributed by atoms with E-state index in [1.54, 1.807) is 17.0 Å². The molecule has 30 heavy (non-hydrogen) atoms. The largest absolute Gasteiger partial charge is 0.294 e. The van der Waals surface area contributed by atoms with E-state index in [-0.39, 0.29) is 24.0 Å². The molecule has 150 valence electrons. The van der Waals surface area contributed by atoms with Crippen molar-refractivity contribution in [3.63, 3.8) is 0 Å². The van der Waals surface area contributed by atoms with Gasteiger partial charge in [-0.1, -0.05) is 59.6 Å². The molecule has 1 aliphatic heterocycles. The number of nitrogens with zero attached hydrogens (tertiary/aromatic N) is 1. The van der Waals surface area contributed by atoms with Gasteiger partial charge in [-0.15, -0.1) is 0 Å². The van der Waals surface area contributed by atoms with Gasteiger partial charge in [-0.3, -0.25) is 14.5 Å². The number of hydrogen-bond acceptors (Lipinski definition) is 2. The van der Waals surface area contributed by atoms with E-state index in [2.05, 4.69) is 0 Å². The molecule has 0 saturated carbocycles. The Bertz CT molecular complexity index is 1230. The first kappa shape index (κ1) is 19.3. The van der Waals surface area contributed by atoms with Gasteiger partial charge >= 0.3 is 0 Å². The van der Waals surface area contributed by atoms with E-state index in [9.17, 15) is 9.59 Å². The van der Waals surface area contributed by atoms with Crippen molar-refractivity contribution in [3.05, 3.63) is 87.5 Å². The summed E-state index contributed by atoms with van der Waals surface area (Å²) in [7, 11) is 0. The van der Waals surface area contributed by atoms with Gasteiger partial charge in [0.25, 0.3) is 0 Å². The molecule has 3 aromatic carbocycles. The van der Waals surface area contributed by atoms with Crippen LogP contribution < -0.4 is 4.90 Å². The summed E-state index contributed by atoms with van der Waals surface area (Å²) in [4.78, 5) is 28.1. The number of carbonyl (C=O) groups is 2. The maximum atomic E-state index is 13.4. The third kappa shape index (κ3) is 3.23. The van der Waals surface area contributed by atoms with E-state index < -0.39 is 0 Å². The Morgan fingerprint density at radius 1 is 0.867 bits per heavy atom. The van der Waals surface area contributed by atoms with Crippen LogP contribution >= 0.6 is 23.2 Å². The van der Waals surface area contributed by atoms with Gasteiger partial charge in [0.05, 0.1) is 0 Å². The maximum Gasteiger partial charge on any atom is 0.232 e. The van der Waals surface area contributed by atoms with Crippen LogP contribution in [-0.4, -0.2) is 11.7 Å². The minimum absolute atomic E-state index is 0.0188. The third-order valence-corrected chi connectivity index (χ3v) is 6.57.